The lowest BCUT2D eigenvalue weighted by Gasteiger charge is -2.40. The van der Waals surface area contributed by atoms with Gasteiger partial charge in [-0.2, -0.15) is 0 Å². The summed E-state index contributed by atoms with van der Waals surface area (Å²) in [5.41, 5.74) is 3.77. The van der Waals surface area contributed by atoms with Gasteiger partial charge in [0.2, 0.25) is 0 Å². The lowest BCUT2D eigenvalue weighted by atomic mass is 9.89. The van der Waals surface area contributed by atoms with Gasteiger partial charge in [0.1, 0.15) is 5.82 Å². The van der Waals surface area contributed by atoms with E-state index in [4.69, 9.17) is 28.2 Å². The van der Waals surface area contributed by atoms with Crippen LogP contribution in [0.4, 0.5) is 0 Å². The number of nitrogens with one attached hydrogen (secondary N) is 1. The van der Waals surface area contributed by atoms with Crippen LogP contribution in [0.3, 0.4) is 0 Å². The molecule has 0 radical (unpaired) electrons. The number of carbonyl (C=O) groups is 1. The Balaban J connectivity index is 1.37. The van der Waals surface area contributed by atoms with Crippen LogP contribution in [-0.2, 0) is 13.0 Å². The van der Waals surface area contributed by atoms with Gasteiger partial charge in [-0.1, -0.05) is 48.0 Å². The maximum absolute atomic E-state index is 13.4. The van der Waals surface area contributed by atoms with E-state index in [-0.39, 0.29) is 22.0 Å². The second-order valence-electron chi connectivity index (χ2n) is 10.0. The van der Waals surface area contributed by atoms with E-state index in [1.165, 1.54) is 18.0 Å². The van der Waals surface area contributed by atoms with Crippen LogP contribution in [0, 0.1) is 5.92 Å². The lowest BCUT2D eigenvalue weighted by Crippen LogP contribution is -2.45. The Morgan fingerprint density at radius 1 is 1.18 bits per heavy atom. The van der Waals surface area contributed by atoms with Crippen molar-refractivity contribution in [1.82, 2.24) is 29.7 Å². The molecule has 1 amide bonds. The van der Waals surface area contributed by atoms with Crippen molar-refractivity contribution in [2.75, 3.05) is 19.6 Å². The molecule has 0 saturated carbocycles. The van der Waals surface area contributed by atoms with Crippen molar-refractivity contribution in [1.29, 1.82) is 0 Å². The third-order valence-electron chi connectivity index (χ3n) is 7.39. The molecule has 1 aliphatic carbocycles. The third kappa shape index (κ3) is 6.01. The van der Waals surface area contributed by atoms with Crippen LogP contribution in [0.15, 0.2) is 55.7 Å². The first-order valence-corrected chi connectivity index (χ1v) is 13.9. The number of aromatic amines is 1. The van der Waals surface area contributed by atoms with Crippen LogP contribution in [-0.4, -0.2) is 55.3 Å². The number of pyridine rings is 2. The maximum atomic E-state index is 13.4. The summed E-state index contributed by atoms with van der Waals surface area (Å²) < 4.78 is 0. The monoisotopic (exact) mass is 550 g/mol. The molecule has 1 aliphatic heterocycles. The number of imidazole rings is 1. The molecule has 0 aromatic carbocycles. The molecule has 2 unspecified atom stereocenters. The summed E-state index contributed by atoms with van der Waals surface area (Å²) in [7, 11) is 0. The Morgan fingerprint density at radius 2 is 2.03 bits per heavy atom. The Labute approximate surface area is 233 Å². The highest BCUT2D eigenvalue weighted by molar-refractivity contribution is 6.39. The summed E-state index contributed by atoms with van der Waals surface area (Å²) in [4.78, 5) is 34.7. The molecular formula is C29H32Cl2N6O. The van der Waals surface area contributed by atoms with Crippen molar-refractivity contribution in [3.05, 3.63) is 94.0 Å². The summed E-state index contributed by atoms with van der Waals surface area (Å²) in [6, 6.07) is 4.42. The van der Waals surface area contributed by atoms with Crippen LogP contribution in [0.25, 0.3) is 6.08 Å². The number of hydrogen-bond donors (Lipinski definition) is 1. The van der Waals surface area contributed by atoms with Crippen LogP contribution in [0.5, 0.6) is 0 Å². The Bertz CT molecular complexity index is 1300. The van der Waals surface area contributed by atoms with Crippen LogP contribution < -0.4 is 0 Å². The van der Waals surface area contributed by atoms with Crippen molar-refractivity contribution < 1.29 is 4.79 Å². The number of amides is 1. The Hall–Kier alpha value is -3.00. The highest BCUT2D eigenvalue weighted by Crippen LogP contribution is 2.35. The zero-order valence-electron chi connectivity index (χ0n) is 21.3. The fourth-order valence-electron chi connectivity index (χ4n) is 5.65. The Kier molecular flexibility index (Phi) is 8.57. The highest BCUT2D eigenvalue weighted by atomic mass is 35.5. The molecular weight excluding hydrogens is 519 g/mol. The van der Waals surface area contributed by atoms with Crippen LogP contribution in [0.1, 0.15) is 64.9 Å². The molecule has 4 heterocycles. The smallest absolute Gasteiger partial charge is 0.257 e. The number of aromatic nitrogens is 4. The molecule has 1 fully saturated rings. The number of halogens is 2. The molecule has 0 spiro atoms. The van der Waals surface area contributed by atoms with Gasteiger partial charge in [0, 0.05) is 38.2 Å². The number of fused-ring (bicyclic) bond motifs is 1. The number of rotatable bonds is 8. The standard InChI is InChI=1S/C29H32Cl2N6O/c1-2-3-10-22-14-34-26(35-22)19-37(25-11-4-8-21-9-5-12-33-28(21)25)18-20-7-6-13-36(17-20)29(38)27-23(30)15-32-16-24(27)31/h2-3,5,9-10,12,14-16,20,25H,1,4,6-8,11,13,17-19H2,(H,34,35)/b10-3-. The highest BCUT2D eigenvalue weighted by Gasteiger charge is 2.33. The number of allylic oxidation sites excluding steroid dienone is 2. The summed E-state index contributed by atoms with van der Waals surface area (Å²) in [6.45, 7) is 6.59. The van der Waals surface area contributed by atoms with Crippen LogP contribution >= 0.6 is 23.2 Å². The molecule has 1 N–H and O–H groups in total. The molecule has 198 valence electrons. The summed E-state index contributed by atoms with van der Waals surface area (Å²) in [5.74, 6) is 1.08. The first-order chi connectivity index (χ1) is 18.5. The van der Waals surface area contributed by atoms with Gasteiger partial charge in [-0.3, -0.25) is 19.7 Å². The predicted molar refractivity (Wildman–Crippen MR) is 151 cm³/mol. The number of likely N-dealkylation sites (tertiary alicyclic amines) is 1. The van der Waals surface area contributed by atoms with E-state index in [1.54, 1.807) is 6.08 Å². The number of carbonyl (C=O) groups excluding carboxylic acids is 1. The van der Waals surface area contributed by atoms with E-state index >= 15 is 0 Å². The minimum Gasteiger partial charge on any atom is -0.341 e. The summed E-state index contributed by atoms with van der Waals surface area (Å²) in [6.07, 6.45) is 17.5. The van der Waals surface area contributed by atoms with Crippen molar-refractivity contribution in [2.45, 2.75) is 44.7 Å². The molecule has 0 bridgehead atoms. The van der Waals surface area contributed by atoms with Crippen molar-refractivity contribution in [3.63, 3.8) is 0 Å². The normalized spacial score (nSPS) is 19.6. The molecule has 7 nitrogen and oxygen atoms in total. The van der Waals surface area contributed by atoms with Crippen LogP contribution in [0.2, 0.25) is 10.0 Å². The van der Waals surface area contributed by atoms with Crippen molar-refractivity contribution >= 4 is 35.2 Å². The second kappa shape index (κ2) is 12.2. The number of piperidine rings is 1. The van der Waals surface area contributed by atoms with E-state index in [2.05, 4.69) is 32.5 Å². The average Bonchev–Trinajstić information content (AvgIpc) is 3.38. The molecule has 3 aromatic rings. The molecule has 2 aliphatic rings. The minimum atomic E-state index is -0.131. The van der Waals surface area contributed by atoms with E-state index in [9.17, 15) is 4.79 Å². The number of nitrogens with zero attached hydrogens (tertiary/aromatic N) is 5. The number of hydrogen-bond acceptors (Lipinski definition) is 5. The van der Waals surface area contributed by atoms with Gasteiger partial charge in [-0.25, -0.2) is 4.98 Å². The zero-order chi connectivity index (χ0) is 26.5. The zero-order valence-corrected chi connectivity index (χ0v) is 22.8. The predicted octanol–water partition coefficient (Wildman–Crippen LogP) is 6.14. The molecule has 5 rings (SSSR count). The molecule has 2 atom stereocenters. The summed E-state index contributed by atoms with van der Waals surface area (Å²) in [5, 5.41) is 0.575. The minimum absolute atomic E-state index is 0.131. The summed E-state index contributed by atoms with van der Waals surface area (Å²) >= 11 is 12.6. The number of aryl methyl sites for hydroxylation is 1. The van der Waals surface area contributed by atoms with Gasteiger partial charge in [-0.05, 0) is 55.7 Å². The lowest BCUT2D eigenvalue weighted by molar-refractivity contribution is 0.0589. The Morgan fingerprint density at radius 3 is 2.84 bits per heavy atom. The van der Waals surface area contributed by atoms with E-state index in [1.807, 2.05) is 35.5 Å². The largest absolute Gasteiger partial charge is 0.341 e. The third-order valence-corrected chi connectivity index (χ3v) is 7.96. The average molecular weight is 552 g/mol. The fourth-order valence-corrected chi connectivity index (χ4v) is 6.18. The quantitative estimate of drug-likeness (QED) is 0.341. The van der Waals surface area contributed by atoms with Gasteiger partial charge in [0.25, 0.3) is 5.91 Å². The van der Waals surface area contributed by atoms with Gasteiger partial charge < -0.3 is 9.88 Å². The van der Waals surface area contributed by atoms with Crippen molar-refractivity contribution in [2.24, 2.45) is 5.92 Å². The first-order valence-electron chi connectivity index (χ1n) is 13.1. The van der Waals surface area contributed by atoms with Gasteiger partial charge >= 0.3 is 0 Å². The second-order valence-corrected chi connectivity index (χ2v) is 10.8. The molecule has 9 heteroatoms. The number of H-pyrrole nitrogens is 1. The molecule has 3 aromatic heterocycles. The molecule has 1 saturated heterocycles. The molecule has 38 heavy (non-hydrogen) atoms. The first kappa shape index (κ1) is 26.6. The van der Waals surface area contributed by atoms with E-state index < -0.39 is 0 Å². The van der Waals surface area contributed by atoms with Gasteiger partial charge in [-0.15, -0.1) is 0 Å². The topological polar surface area (TPSA) is 78.0 Å². The van der Waals surface area contributed by atoms with Gasteiger partial charge in [0.05, 0.1) is 45.8 Å². The fraction of sp³-hybridized carbons (Fsp3) is 0.379. The van der Waals surface area contributed by atoms with E-state index in [0.29, 0.717) is 31.1 Å². The SMILES string of the molecule is C=C/C=C\c1cnc(CN(CC2CCCN(C(=O)c3c(Cl)cncc3Cl)C2)C2CCCc3cccnc32)[nH]1. The van der Waals surface area contributed by atoms with E-state index in [0.717, 1.165) is 55.9 Å². The van der Waals surface area contributed by atoms with Gasteiger partial charge in [0.15, 0.2) is 0 Å². The van der Waals surface area contributed by atoms with Crippen molar-refractivity contribution in [3.8, 4) is 0 Å². The maximum Gasteiger partial charge on any atom is 0.257 e.